The van der Waals surface area contributed by atoms with Crippen LogP contribution in [0.5, 0.6) is 0 Å². The smallest absolute Gasteiger partial charge is 0.309 e. The zero-order valence-electron chi connectivity index (χ0n) is 13.2. The van der Waals surface area contributed by atoms with E-state index in [1.165, 1.54) is 0 Å². The summed E-state index contributed by atoms with van der Waals surface area (Å²) in [6, 6.07) is 0. The van der Waals surface area contributed by atoms with E-state index < -0.39 is 5.60 Å². The highest BCUT2D eigenvalue weighted by atomic mass is 16.6. The summed E-state index contributed by atoms with van der Waals surface area (Å²) in [5, 5.41) is 0. The molecule has 0 aromatic heterocycles. The van der Waals surface area contributed by atoms with Crippen molar-refractivity contribution in [3.8, 4) is 0 Å². The lowest BCUT2D eigenvalue weighted by Crippen LogP contribution is -2.35. The molecule has 0 aliphatic heterocycles. The van der Waals surface area contributed by atoms with Crippen LogP contribution in [-0.4, -0.2) is 24.3 Å². The summed E-state index contributed by atoms with van der Waals surface area (Å²) in [5.74, 6) is 0.0728. The van der Waals surface area contributed by atoms with Crippen molar-refractivity contribution in [1.82, 2.24) is 0 Å². The number of carbonyl (C=O) groups is 1. The molecule has 0 N–H and O–H groups in total. The Bertz CT molecular complexity index is 332. The van der Waals surface area contributed by atoms with E-state index in [0.29, 0.717) is 6.61 Å². The molecule has 1 unspecified atom stereocenters. The van der Waals surface area contributed by atoms with Crippen molar-refractivity contribution < 1.29 is 14.3 Å². The summed E-state index contributed by atoms with van der Waals surface area (Å²) in [5.41, 5.74) is -0.299. The minimum absolute atomic E-state index is 0.00820. The average molecular weight is 268 g/mol. The highest BCUT2D eigenvalue weighted by Gasteiger charge is 2.33. The lowest BCUT2D eigenvalue weighted by Gasteiger charge is -2.28. The van der Waals surface area contributed by atoms with Gasteiger partial charge in [0.15, 0.2) is 0 Å². The highest BCUT2D eigenvalue weighted by Crippen LogP contribution is 2.30. The van der Waals surface area contributed by atoms with Crippen LogP contribution in [0.25, 0.3) is 0 Å². The molecule has 1 aliphatic carbocycles. The predicted octanol–water partition coefficient (Wildman–Crippen LogP) is 3.73. The van der Waals surface area contributed by atoms with Gasteiger partial charge in [0.05, 0.1) is 17.6 Å². The number of allylic oxidation sites excluding steroid dienone is 1. The zero-order valence-corrected chi connectivity index (χ0v) is 13.2. The molecule has 0 aromatic carbocycles. The molecule has 0 aromatic rings. The average Bonchev–Trinajstić information content (AvgIpc) is 3.05. The van der Waals surface area contributed by atoms with Crippen LogP contribution in [-0.2, 0) is 14.3 Å². The van der Waals surface area contributed by atoms with Gasteiger partial charge in [-0.2, -0.15) is 0 Å². The van der Waals surface area contributed by atoms with Gasteiger partial charge in [0, 0.05) is 0 Å². The first-order valence-electron chi connectivity index (χ1n) is 7.13. The molecule has 0 bridgehead atoms. The molecule has 0 saturated heterocycles. The summed E-state index contributed by atoms with van der Waals surface area (Å²) in [6.07, 6.45) is 6.17. The highest BCUT2D eigenvalue weighted by molar-refractivity contribution is 5.74. The molecule has 1 fully saturated rings. The first-order valence-corrected chi connectivity index (χ1v) is 7.13. The number of esters is 1. The molecule has 1 rings (SSSR count). The van der Waals surface area contributed by atoms with Crippen LogP contribution in [0.4, 0.5) is 0 Å². The minimum atomic E-state index is -0.452. The largest absolute Gasteiger partial charge is 0.462 e. The van der Waals surface area contributed by atoms with Crippen LogP contribution in [0.15, 0.2) is 12.2 Å². The van der Waals surface area contributed by atoms with Gasteiger partial charge in [-0.1, -0.05) is 32.9 Å². The maximum atomic E-state index is 11.5. The van der Waals surface area contributed by atoms with Gasteiger partial charge in [-0.25, -0.2) is 0 Å². The first kappa shape index (κ1) is 16.2. The summed E-state index contributed by atoms with van der Waals surface area (Å²) in [6.45, 7) is 12.7. The fraction of sp³-hybridized carbons (Fsp3) is 0.812. The lowest BCUT2D eigenvalue weighted by atomic mass is 9.96. The van der Waals surface area contributed by atoms with Crippen LogP contribution >= 0.6 is 0 Å². The van der Waals surface area contributed by atoms with Crippen LogP contribution in [0.2, 0.25) is 0 Å². The maximum absolute atomic E-state index is 11.5. The Morgan fingerprint density at radius 2 is 1.84 bits per heavy atom. The maximum Gasteiger partial charge on any atom is 0.309 e. The molecule has 0 amide bonds. The quantitative estimate of drug-likeness (QED) is 0.544. The Morgan fingerprint density at radius 3 is 2.32 bits per heavy atom. The van der Waals surface area contributed by atoms with Gasteiger partial charge in [0.2, 0.25) is 0 Å². The molecular formula is C16H28O3. The van der Waals surface area contributed by atoms with E-state index in [2.05, 4.69) is 32.9 Å². The van der Waals surface area contributed by atoms with Crippen LogP contribution < -0.4 is 0 Å². The van der Waals surface area contributed by atoms with Gasteiger partial charge in [0.1, 0.15) is 6.61 Å². The zero-order chi connectivity index (χ0) is 14.7. The van der Waals surface area contributed by atoms with Crippen molar-refractivity contribution in [2.24, 2.45) is 11.3 Å². The number of ether oxygens (including phenoxy) is 2. The SMILES string of the molecule is CC(/C=C/C(C)(C)C)OC(C)(C)COC(=O)C1CC1. The second-order valence-electron chi connectivity index (χ2n) is 7.19. The molecule has 1 saturated carbocycles. The Kier molecular flexibility index (Phi) is 5.19. The normalized spacial score (nSPS) is 18.6. The molecule has 3 heteroatoms. The second-order valence-corrected chi connectivity index (χ2v) is 7.19. The van der Waals surface area contributed by atoms with Crippen LogP contribution in [0.1, 0.15) is 54.4 Å². The van der Waals surface area contributed by atoms with Crippen LogP contribution in [0.3, 0.4) is 0 Å². The van der Waals surface area contributed by atoms with E-state index in [4.69, 9.17) is 9.47 Å². The van der Waals surface area contributed by atoms with E-state index in [0.717, 1.165) is 12.8 Å². The van der Waals surface area contributed by atoms with Gasteiger partial charge >= 0.3 is 5.97 Å². The van der Waals surface area contributed by atoms with Crippen molar-refractivity contribution in [2.75, 3.05) is 6.61 Å². The molecular weight excluding hydrogens is 240 g/mol. The second kappa shape index (κ2) is 6.08. The minimum Gasteiger partial charge on any atom is -0.462 e. The van der Waals surface area contributed by atoms with Gasteiger partial charge in [-0.05, 0) is 39.0 Å². The lowest BCUT2D eigenvalue weighted by molar-refractivity contribution is -0.156. The molecule has 0 heterocycles. The Hall–Kier alpha value is -0.830. The Balaban J connectivity index is 2.35. The molecule has 3 nitrogen and oxygen atoms in total. The molecule has 0 spiro atoms. The fourth-order valence-corrected chi connectivity index (χ4v) is 1.68. The molecule has 19 heavy (non-hydrogen) atoms. The number of hydrogen-bond donors (Lipinski definition) is 0. The predicted molar refractivity (Wildman–Crippen MR) is 76.9 cm³/mol. The molecule has 110 valence electrons. The Labute approximate surface area is 117 Å². The van der Waals surface area contributed by atoms with Gasteiger partial charge in [-0.15, -0.1) is 0 Å². The van der Waals surface area contributed by atoms with E-state index in [9.17, 15) is 4.79 Å². The van der Waals surface area contributed by atoms with Gasteiger partial charge in [-0.3, -0.25) is 4.79 Å². The topological polar surface area (TPSA) is 35.5 Å². The Morgan fingerprint density at radius 1 is 1.26 bits per heavy atom. The number of rotatable bonds is 6. The van der Waals surface area contributed by atoms with Crippen molar-refractivity contribution in [1.29, 1.82) is 0 Å². The van der Waals surface area contributed by atoms with E-state index in [-0.39, 0.29) is 23.4 Å². The monoisotopic (exact) mass is 268 g/mol. The van der Waals surface area contributed by atoms with Crippen molar-refractivity contribution >= 4 is 5.97 Å². The summed E-state index contributed by atoms with van der Waals surface area (Å²) in [4.78, 5) is 11.5. The van der Waals surface area contributed by atoms with Gasteiger partial charge < -0.3 is 9.47 Å². The van der Waals surface area contributed by atoms with Crippen molar-refractivity contribution in [2.45, 2.75) is 66.1 Å². The van der Waals surface area contributed by atoms with E-state index in [1.807, 2.05) is 20.8 Å². The summed E-state index contributed by atoms with van der Waals surface area (Å²) in [7, 11) is 0. The summed E-state index contributed by atoms with van der Waals surface area (Å²) >= 11 is 0. The molecule has 0 radical (unpaired) electrons. The third-order valence-corrected chi connectivity index (χ3v) is 2.84. The molecule has 1 atom stereocenters. The standard InChI is InChI=1S/C16H28O3/c1-12(9-10-15(2,3)4)19-16(5,6)11-18-14(17)13-7-8-13/h9-10,12-13H,7-8,11H2,1-6H3/b10-9+. The van der Waals surface area contributed by atoms with Crippen molar-refractivity contribution in [3.05, 3.63) is 12.2 Å². The van der Waals surface area contributed by atoms with Crippen LogP contribution in [0, 0.1) is 11.3 Å². The fourth-order valence-electron chi connectivity index (χ4n) is 1.68. The van der Waals surface area contributed by atoms with Gasteiger partial charge in [0.25, 0.3) is 0 Å². The number of hydrogen-bond acceptors (Lipinski definition) is 3. The third kappa shape index (κ3) is 7.36. The number of carbonyl (C=O) groups excluding carboxylic acids is 1. The van der Waals surface area contributed by atoms with E-state index in [1.54, 1.807) is 0 Å². The molecule has 1 aliphatic rings. The third-order valence-electron chi connectivity index (χ3n) is 2.84. The first-order chi connectivity index (χ1) is 8.59. The van der Waals surface area contributed by atoms with Crippen molar-refractivity contribution in [3.63, 3.8) is 0 Å². The van der Waals surface area contributed by atoms with E-state index >= 15 is 0 Å². The summed E-state index contributed by atoms with van der Waals surface area (Å²) < 4.78 is 11.2.